The molecule has 0 unspecified atom stereocenters. The molecule has 1 aliphatic carbocycles. The van der Waals surface area contributed by atoms with Gasteiger partial charge in [-0.1, -0.05) is 58.0 Å². The van der Waals surface area contributed by atoms with E-state index in [1.165, 1.54) is 5.56 Å². The first-order valence-corrected chi connectivity index (χ1v) is 6.23. The molecule has 1 nitrogen and oxygen atoms in total. The van der Waals surface area contributed by atoms with Gasteiger partial charge in [0.15, 0.2) is 0 Å². The third-order valence-corrected chi connectivity index (χ3v) is 4.63. The van der Waals surface area contributed by atoms with Crippen LogP contribution >= 0.6 is 0 Å². The molecule has 16 heavy (non-hydrogen) atoms. The van der Waals surface area contributed by atoms with Gasteiger partial charge >= 0.3 is 0 Å². The lowest BCUT2D eigenvalue weighted by Crippen LogP contribution is -2.24. The average Bonchev–Trinajstić information content (AvgIpc) is 2.62. The zero-order valence-corrected chi connectivity index (χ0v) is 10.9. The molecule has 1 N–H and O–H groups in total. The fourth-order valence-electron chi connectivity index (χ4n) is 2.71. The molecule has 1 fully saturated rings. The highest BCUT2D eigenvalue weighted by molar-refractivity contribution is 5.19. The molecule has 2 rings (SSSR count). The fraction of sp³-hybridized carbons (Fsp3) is 0.600. The Hall–Kier alpha value is -0.820. The van der Waals surface area contributed by atoms with E-state index in [1.807, 2.05) is 0 Å². The van der Waals surface area contributed by atoms with E-state index in [4.69, 9.17) is 0 Å². The summed E-state index contributed by atoms with van der Waals surface area (Å²) in [5.74, 6) is 0. The molecule has 1 aromatic carbocycles. The largest absolute Gasteiger partial charge is 0.313 e. The molecular formula is C15H23N. The molecule has 0 aliphatic heterocycles. The highest BCUT2D eigenvalue weighted by atomic mass is 15.0. The Balaban J connectivity index is 1.79. The van der Waals surface area contributed by atoms with Crippen molar-refractivity contribution in [1.29, 1.82) is 0 Å². The Morgan fingerprint density at radius 2 is 1.56 bits per heavy atom. The highest BCUT2D eigenvalue weighted by Crippen LogP contribution is 2.62. The number of rotatable bonds is 4. The van der Waals surface area contributed by atoms with Crippen LogP contribution in [0.25, 0.3) is 0 Å². The van der Waals surface area contributed by atoms with E-state index in [-0.39, 0.29) is 0 Å². The summed E-state index contributed by atoms with van der Waals surface area (Å²) in [6, 6.07) is 11.4. The van der Waals surface area contributed by atoms with Crippen LogP contribution in [0.4, 0.5) is 0 Å². The predicted molar refractivity (Wildman–Crippen MR) is 69.5 cm³/mol. The maximum atomic E-state index is 3.69. The van der Waals surface area contributed by atoms with E-state index in [0.29, 0.717) is 16.9 Å². The van der Waals surface area contributed by atoms with Crippen LogP contribution in [0, 0.1) is 10.8 Å². The molecule has 0 heterocycles. The van der Waals surface area contributed by atoms with Crippen molar-refractivity contribution in [2.24, 2.45) is 10.8 Å². The zero-order valence-electron chi connectivity index (χ0n) is 10.9. The van der Waals surface area contributed by atoms with Crippen LogP contribution in [-0.4, -0.2) is 12.6 Å². The number of nitrogens with one attached hydrogen (secondary N) is 1. The van der Waals surface area contributed by atoms with Gasteiger partial charge in [-0.15, -0.1) is 0 Å². The Morgan fingerprint density at radius 3 is 2.06 bits per heavy atom. The lowest BCUT2D eigenvalue weighted by Gasteiger charge is -2.06. The average molecular weight is 217 g/mol. The second kappa shape index (κ2) is 3.89. The molecule has 0 bridgehead atoms. The zero-order chi connectivity index (χ0) is 11.8. The summed E-state index contributed by atoms with van der Waals surface area (Å²) in [6.45, 7) is 10.5. The molecular weight excluding hydrogens is 194 g/mol. The van der Waals surface area contributed by atoms with Gasteiger partial charge in [0.1, 0.15) is 0 Å². The third-order valence-electron chi connectivity index (χ3n) is 4.63. The van der Waals surface area contributed by atoms with E-state index in [2.05, 4.69) is 63.3 Å². The molecule has 88 valence electrons. The van der Waals surface area contributed by atoms with Crippen molar-refractivity contribution in [3.8, 4) is 0 Å². The van der Waals surface area contributed by atoms with E-state index < -0.39 is 0 Å². The lowest BCUT2D eigenvalue weighted by atomic mass is 10.0. The van der Waals surface area contributed by atoms with Gasteiger partial charge in [0, 0.05) is 6.04 Å². The summed E-state index contributed by atoms with van der Waals surface area (Å²) in [4.78, 5) is 0. The Labute approximate surface area is 99.3 Å². The second-order valence-electron chi connectivity index (χ2n) is 6.07. The van der Waals surface area contributed by atoms with Crippen molar-refractivity contribution in [2.45, 2.75) is 40.2 Å². The van der Waals surface area contributed by atoms with Crippen LogP contribution in [0.5, 0.6) is 0 Å². The van der Waals surface area contributed by atoms with Gasteiger partial charge in [-0.25, -0.2) is 0 Å². The van der Waals surface area contributed by atoms with Crippen LogP contribution in [0.1, 0.15) is 33.3 Å². The van der Waals surface area contributed by atoms with Crippen LogP contribution in [0.15, 0.2) is 30.3 Å². The Kier molecular flexibility index (Phi) is 2.83. The van der Waals surface area contributed by atoms with Crippen LogP contribution in [0.3, 0.4) is 0 Å². The minimum Gasteiger partial charge on any atom is -0.313 e. The smallest absolute Gasteiger partial charge is 0.0181 e. The van der Waals surface area contributed by atoms with Crippen molar-refractivity contribution in [1.82, 2.24) is 5.32 Å². The third kappa shape index (κ3) is 1.89. The van der Waals surface area contributed by atoms with Crippen LogP contribution in [0.2, 0.25) is 0 Å². The van der Waals surface area contributed by atoms with Crippen molar-refractivity contribution >= 4 is 0 Å². The second-order valence-corrected chi connectivity index (χ2v) is 6.07. The van der Waals surface area contributed by atoms with Gasteiger partial charge in [0.25, 0.3) is 0 Å². The molecule has 1 saturated carbocycles. The highest BCUT2D eigenvalue weighted by Gasteiger charge is 2.64. The standard InChI is InChI=1S/C15H23N/c1-14(2)13(15(14,3)4)16-11-10-12-8-6-5-7-9-12/h5-9,13,16H,10-11H2,1-4H3. The van der Waals surface area contributed by atoms with Gasteiger partial charge < -0.3 is 5.32 Å². The molecule has 1 aromatic rings. The first-order chi connectivity index (χ1) is 7.46. The topological polar surface area (TPSA) is 12.0 Å². The maximum Gasteiger partial charge on any atom is 0.0181 e. The molecule has 1 aliphatic rings. The van der Waals surface area contributed by atoms with E-state index >= 15 is 0 Å². The van der Waals surface area contributed by atoms with E-state index in [1.54, 1.807) is 0 Å². The number of hydrogen-bond donors (Lipinski definition) is 1. The first kappa shape index (κ1) is 11.7. The summed E-state index contributed by atoms with van der Waals surface area (Å²) in [5, 5.41) is 3.69. The SMILES string of the molecule is CC1(C)C(NCCc2ccccc2)C1(C)C. The number of benzene rings is 1. The van der Waals surface area contributed by atoms with Gasteiger partial charge in [-0.2, -0.15) is 0 Å². The minimum atomic E-state index is 0.448. The quantitative estimate of drug-likeness (QED) is 0.816. The monoisotopic (exact) mass is 217 g/mol. The molecule has 1 heteroatoms. The minimum absolute atomic E-state index is 0.448. The summed E-state index contributed by atoms with van der Waals surface area (Å²) < 4.78 is 0. The van der Waals surface area contributed by atoms with Crippen LogP contribution < -0.4 is 5.32 Å². The predicted octanol–water partition coefficient (Wildman–Crippen LogP) is 3.25. The van der Waals surface area contributed by atoms with Gasteiger partial charge in [-0.05, 0) is 29.4 Å². The summed E-state index contributed by atoms with van der Waals surface area (Å²) in [6.07, 6.45) is 1.13. The van der Waals surface area contributed by atoms with E-state index in [0.717, 1.165) is 13.0 Å². The molecule has 0 aromatic heterocycles. The van der Waals surface area contributed by atoms with E-state index in [9.17, 15) is 0 Å². The van der Waals surface area contributed by atoms with Crippen molar-refractivity contribution < 1.29 is 0 Å². The summed E-state index contributed by atoms with van der Waals surface area (Å²) in [7, 11) is 0. The summed E-state index contributed by atoms with van der Waals surface area (Å²) >= 11 is 0. The Morgan fingerprint density at radius 1 is 1.00 bits per heavy atom. The normalized spacial score (nSPS) is 22.0. The number of hydrogen-bond acceptors (Lipinski definition) is 1. The molecule has 0 saturated heterocycles. The lowest BCUT2D eigenvalue weighted by molar-refractivity contribution is 0.457. The molecule has 0 radical (unpaired) electrons. The molecule has 0 atom stereocenters. The molecule has 0 spiro atoms. The van der Waals surface area contributed by atoms with Crippen LogP contribution in [-0.2, 0) is 6.42 Å². The first-order valence-electron chi connectivity index (χ1n) is 6.23. The fourth-order valence-corrected chi connectivity index (χ4v) is 2.71. The van der Waals surface area contributed by atoms with Gasteiger partial charge in [0.2, 0.25) is 0 Å². The maximum absolute atomic E-state index is 3.69. The Bertz CT molecular complexity index is 337. The van der Waals surface area contributed by atoms with Crippen molar-refractivity contribution in [3.63, 3.8) is 0 Å². The molecule has 0 amide bonds. The summed E-state index contributed by atoms with van der Waals surface area (Å²) in [5.41, 5.74) is 2.32. The van der Waals surface area contributed by atoms with Crippen molar-refractivity contribution in [3.05, 3.63) is 35.9 Å². The van der Waals surface area contributed by atoms with Gasteiger partial charge in [-0.3, -0.25) is 0 Å². The van der Waals surface area contributed by atoms with Gasteiger partial charge in [0.05, 0.1) is 0 Å². The van der Waals surface area contributed by atoms with Crippen molar-refractivity contribution in [2.75, 3.05) is 6.54 Å².